The maximum Gasteiger partial charge on any atom is 0.367 e. The lowest BCUT2D eigenvalue weighted by Crippen LogP contribution is -2.26. The summed E-state index contributed by atoms with van der Waals surface area (Å²) in [5, 5.41) is 4.25. The molecule has 0 saturated carbocycles. The molecule has 0 amide bonds. The second kappa shape index (κ2) is 18.3. The molecule has 5 rings (SSSR count). The summed E-state index contributed by atoms with van der Waals surface area (Å²) in [6.07, 6.45) is 3.99. The fourth-order valence-electron chi connectivity index (χ4n) is 4.25. The van der Waals surface area contributed by atoms with Crippen LogP contribution in [-0.2, 0) is 22.9 Å². The van der Waals surface area contributed by atoms with Crippen molar-refractivity contribution in [3.05, 3.63) is 59.3 Å². The van der Waals surface area contributed by atoms with Gasteiger partial charge in [0, 0.05) is 42.5 Å². The molecule has 242 valence electrons. The monoisotopic (exact) mass is 740 g/mol. The van der Waals surface area contributed by atoms with E-state index in [2.05, 4.69) is 13.0 Å². The van der Waals surface area contributed by atoms with Crippen molar-refractivity contribution >= 4 is 82.9 Å². The molecule has 0 radical (unpaired) electrons. The van der Waals surface area contributed by atoms with Gasteiger partial charge in [0.05, 0.1) is 23.0 Å². The Bertz CT molecular complexity index is 1650. The number of ether oxygens (including phenoxy) is 1. The van der Waals surface area contributed by atoms with Gasteiger partial charge in [0.2, 0.25) is 5.30 Å². The average Bonchev–Trinajstić information content (AvgIpc) is 3.86. The van der Waals surface area contributed by atoms with E-state index >= 15 is 0 Å². The Morgan fingerprint density at radius 3 is 1.73 bits per heavy atom. The maximum atomic E-state index is 14.4. The third-order valence-corrected chi connectivity index (χ3v) is 15.7. The molecule has 0 aliphatic carbocycles. The minimum atomic E-state index is -3.95. The number of rotatable bonds is 16. The van der Waals surface area contributed by atoms with Crippen molar-refractivity contribution in [1.29, 1.82) is 0 Å². The maximum absolute atomic E-state index is 14.4. The highest BCUT2D eigenvalue weighted by molar-refractivity contribution is 7.66. The van der Waals surface area contributed by atoms with E-state index in [-0.39, 0.29) is 23.8 Å². The van der Waals surface area contributed by atoms with Crippen molar-refractivity contribution in [3.63, 3.8) is 0 Å². The van der Waals surface area contributed by atoms with Crippen molar-refractivity contribution in [1.82, 2.24) is 0 Å². The first-order valence-electron chi connectivity index (χ1n) is 14.9. The molecule has 0 saturated heterocycles. The Morgan fingerprint density at radius 2 is 1.24 bits per heavy atom. The first-order chi connectivity index (χ1) is 21.9. The zero-order valence-corrected chi connectivity index (χ0v) is 31.7. The lowest BCUT2D eigenvalue weighted by Gasteiger charge is -2.18. The van der Waals surface area contributed by atoms with Gasteiger partial charge in [-0.3, -0.25) is 4.57 Å². The van der Waals surface area contributed by atoms with Gasteiger partial charge in [-0.05, 0) is 73.8 Å². The molecule has 0 aliphatic rings. The molecule has 5 heterocycles. The number of unbranched alkanes of at least 4 members (excludes halogenated alkanes) is 2. The van der Waals surface area contributed by atoms with Gasteiger partial charge >= 0.3 is 15.6 Å². The molecule has 6 nitrogen and oxygen atoms in total. The van der Waals surface area contributed by atoms with Gasteiger partial charge in [0.15, 0.2) is 0 Å². The molecule has 5 aromatic heterocycles. The minimum Gasteiger partial charge on any atom is -0.591 e. The van der Waals surface area contributed by atoms with Crippen LogP contribution in [0.25, 0.3) is 39.0 Å². The fourth-order valence-corrected chi connectivity index (χ4v) is 13.4. The van der Waals surface area contributed by atoms with Crippen LogP contribution in [0.5, 0.6) is 0 Å². The van der Waals surface area contributed by atoms with E-state index in [1.54, 1.807) is 40.9 Å². The number of thiophene rings is 5. The van der Waals surface area contributed by atoms with E-state index in [1.807, 2.05) is 67.1 Å². The second-order valence-electron chi connectivity index (χ2n) is 9.65. The first-order valence-corrected chi connectivity index (χ1v) is 21.9. The molecule has 45 heavy (non-hydrogen) atoms. The van der Waals surface area contributed by atoms with Crippen molar-refractivity contribution in [2.75, 3.05) is 26.4 Å². The zero-order chi connectivity index (χ0) is 32.2. The summed E-state index contributed by atoms with van der Waals surface area (Å²) in [4.78, 5) is 20.1. The van der Waals surface area contributed by atoms with Crippen LogP contribution in [0, 0.1) is 0 Å². The summed E-state index contributed by atoms with van der Waals surface area (Å²) in [6, 6.07) is 16.0. The van der Waals surface area contributed by atoms with E-state index < -0.39 is 15.6 Å². The van der Waals surface area contributed by atoms with Crippen molar-refractivity contribution in [2.24, 2.45) is 0 Å². The van der Waals surface area contributed by atoms with Crippen LogP contribution in [0.1, 0.15) is 53.4 Å². The highest BCUT2D eigenvalue weighted by Crippen LogP contribution is 2.55. The molecule has 0 aromatic carbocycles. The molecule has 0 bridgehead atoms. The molecular formula is C32H38O6P2S5. The standard InChI is InChI=1S/C26H24O5P2S5.C6H14O/c1-3-5-14-31-33(29,30-4-2)24-23(32(27)28)25(21-12-10-19(36-21)17-8-6-15-34-17)38-26(24)22-13-11-20(37-22)18-9-7-16-35-18;1-3-5-6-7-4-2/h6-13,15-16H,3-5,14H2,1-2H3;3-6H2,1-2H3. The van der Waals surface area contributed by atoms with Crippen molar-refractivity contribution < 1.29 is 27.8 Å². The molecule has 2 atom stereocenters. The average molecular weight is 741 g/mol. The minimum absolute atomic E-state index is 0.0407. The molecule has 0 aliphatic heterocycles. The van der Waals surface area contributed by atoms with E-state index in [4.69, 9.17) is 13.8 Å². The summed E-state index contributed by atoms with van der Waals surface area (Å²) in [5.74, 6) is 0. The summed E-state index contributed by atoms with van der Waals surface area (Å²) in [7, 11) is -7.04. The van der Waals surface area contributed by atoms with Gasteiger partial charge in [-0.25, -0.2) is 0 Å². The van der Waals surface area contributed by atoms with E-state index in [9.17, 15) is 14.0 Å². The van der Waals surface area contributed by atoms with Crippen LogP contribution in [0.15, 0.2) is 59.3 Å². The summed E-state index contributed by atoms with van der Waals surface area (Å²) >= 11 is 7.70. The molecule has 0 fully saturated rings. The molecule has 13 heteroatoms. The normalized spacial score (nSPS) is 13.0. The largest absolute Gasteiger partial charge is 0.591 e. The van der Waals surface area contributed by atoms with Crippen LogP contribution in [0.2, 0.25) is 0 Å². The molecule has 0 N–H and O–H groups in total. The lowest BCUT2D eigenvalue weighted by atomic mass is 10.3. The molecule has 2 unspecified atom stereocenters. The van der Waals surface area contributed by atoms with Crippen LogP contribution >= 0.6 is 72.3 Å². The number of hydrogen-bond acceptors (Lipinski definition) is 11. The molecular weight excluding hydrogens is 703 g/mol. The SMILES string of the molecule is CCCCOCC.CCCCOP(=O)(OCC)c1c(-c2ccc(-c3cccs3)s2)sc(-c2ccc(-c3cccs3)s2)c1[P+](=O)[O-]. The Kier molecular flexibility index (Phi) is 14.8. The predicted molar refractivity (Wildman–Crippen MR) is 196 cm³/mol. The van der Waals surface area contributed by atoms with Gasteiger partial charge in [0.1, 0.15) is 5.30 Å². The highest BCUT2D eigenvalue weighted by atomic mass is 32.1. The van der Waals surface area contributed by atoms with Gasteiger partial charge < -0.3 is 18.7 Å². The molecule has 0 spiro atoms. The predicted octanol–water partition coefficient (Wildman–Crippen LogP) is 10.9. The second-order valence-corrected chi connectivity index (χ2v) is 17.7. The van der Waals surface area contributed by atoms with E-state index in [0.717, 1.165) is 48.9 Å². The van der Waals surface area contributed by atoms with E-state index in [1.165, 1.54) is 35.5 Å². The van der Waals surface area contributed by atoms with Crippen LogP contribution in [-0.4, -0.2) is 26.4 Å². The van der Waals surface area contributed by atoms with Gasteiger partial charge in [0.25, 0.3) is 0 Å². The highest BCUT2D eigenvalue weighted by Gasteiger charge is 2.43. The third-order valence-electron chi connectivity index (χ3n) is 6.41. The molecule has 5 aromatic rings. The number of hydrogen-bond donors (Lipinski definition) is 0. The fraction of sp³-hybridized carbons (Fsp3) is 0.375. The lowest BCUT2D eigenvalue weighted by molar-refractivity contribution is -0.160. The van der Waals surface area contributed by atoms with Gasteiger partial charge in [-0.2, -0.15) is 0 Å². The van der Waals surface area contributed by atoms with Crippen molar-refractivity contribution in [3.8, 4) is 39.0 Å². The quantitative estimate of drug-likeness (QED) is 0.0740. The Hall–Kier alpha value is -1.33. The van der Waals surface area contributed by atoms with Gasteiger partial charge in [-0.1, -0.05) is 43.4 Å². The Labute approximate surface area is 287 Å². The van der Waals surface area contributed by atoms with Crippen LogP contribution < -0.4 is 15.5 Å². The van der Waals surface area contributed by atoms with Crippen LogP contribution in [0.4, 0.5) is 0 Å². The summed E-state index contributed by atoms with van der Waals surface area (Å²) in [6.45, 7) is 10.1. The summed E-state index contributed by atoms with van der Waals surface area (Å²) in [5.41, 5.74) is 0. The smallest absolute Gasteiger partial charge is 0.367 e. The van der Waals surface area contributed by atoms with Gasteiger partial charge in [-0.15, -0.1) is 56.7 Å². The zero-order valence-electron chi connectivity index (χ0n) is 25.8. The van der Waals surface area contributed by atoms with E-state index in [0.29, 0.717) is 16.2 Å². The first kappa shape index (κ1) is 36.5. The Morgan fingerprint density at radius 1 is 0.689 bits per heavy atom. The Balaban J connectivity index is 0.000000591. The van der Waals surface area contributed by atoms with Crippen LogP contribution in [0.3, 0.4) is 0 Å². The van der Waals surface area contributed by atoms with Crippen molar-refractivity contribution in [2.45, 2.75) is 53.4 Å². The topological polar surface area (TPSA) is 84.9 Å². The third kappa shape index (κ3) is 9.40. The summed E-state index contributed by atoms with van der Waals surface area (Å²) < 4.78 is 44.1.